The van der Waals surface area contributed by atoms with Crippen molar-refractivity contribution in [3.63, 3.8) is 0 Å². The second-order valence-electron chi connectivity index (χ2n) is 5.82. The van der Waals surface area contributed by atoms with Crippen LogP contribution in [0.2, 0.25) is 0 Å². The Labute approximate surface area is 138 Å². The molecule has 0 aliphatic carbocycles. The molecule has 0 bridgehead atoms. The van der Waals surface area contributed by atoms with Crippen molar-refractivity contribution in [2.24, 2.45) is 5.92 Å². The molecule has 0 aromatic heterocycles. The lowest BCUT2D eigenvalue weighted by atomic mass is 10.0. The summed E-state index contributed by atoms with van der Waals surface area (Å²) in [4.78, 5) is 26.5. The van der Waals surface area contributed by atoms with Crippen molar-refractivity contribution in [3.05, 3.63) is 29.3 Å². The van der Waals surface area contributed by atoms with E-state index in [0.717, 1.165) is 29.7 Å². The number of nitrogens with zero attached hydrogens (tertiary/aromatic N) is 1. The second kappa shape index (κ2) is 8.11. The molecule has 0 spiro atoms. The molecule has 1 aromatic rings. The minimum absolute atomic E-state index is 0.0347. The largest absolute Gasteiger partial charge is 0.383 e. The number of hydrogen-bond acceptors (Lipinski definition) is 3. The summed E-state index contributed by atoms with van der Waals surface area (Å²) >= 11 is 0. The Bertz CT molecular complexity index is 549. The molecular weight excluding hydrogens is 292 g/mol. The first kappa shape index (κ1) is 17.5. The van der Waals surface area contributed by atoms with Crippen LogP contribution < -0.4 is 10.2 Å². The molecule has 1 N–H and O–H groups in total. The fourth-order valence-corrected chi connectivity index (χ4v) is 3.08. The summed E-state index contributed by atoms with van der Waals surface area (Å²) < 4.78 is 4.93. The summed E-state index contributed by atoms with van der Waals surface area (Å²) in [7, 11) is 1.60. The summed E-state index contributed by atoms with van der Waals surface area (Å²) in [6.07, 6.45) is 2.02. The predicted octanol–water partition coefficient (Wildman–Crippen LogP) is 1.93. The zero-order valence-corrected chi connectivity index (χ0v) is 14.2. The Kier molecular flexibility index (Phi) is 6.16. The quantitative estimate of drug-likeness (QED) is 0.782. The molecule has 1 heterocycles. The van der Waals surface area contributed by atoms with E-state index in [1.54, 1.807) is 12.0 Å². The first-order valence-electron chi connectivity index (χ1n) is 8.30. The van der Waals surface area contributed by atoms with Gasteiger partial charge < -0.3 is 15.0 Å². The first-order valence-corrected chi connectivity index (χ1v) is 8.30. The monoisotopic (exact) mass is 318 g/mol. The predicted molar refractivity (Wildman–Crippen MR) is 90.5 cm³/mol. The minimum atomic E-state index is -0.283. The fraction of sp³-hybridized carbons (Fsp3) is 0.556. The molecule has 0 radical (unpaired) electrons. The number of benzene rings is 1. The number of rotatable bonds is 7. The molecule has 1 aliphatic heterocycles. The van der Waals surface area contributed by atoms with Crippen LogP contribution in [0.25, 0.3) is 0 Å². The van der Waals surface area contributed by atoms with Crippen LogP contribution in [-0.4, -0.2) is 38.6 Å². The van der Waals surface area contributed by atoms with Crippen molar-refractivity contribution in [2.45, 2.75) is 33.1 Å². The van der Waals surface area contributed by atoms with Gasteiger partial charge in [0.25, 0.3) is 0 Å². The minimum Gasteiger partial charge on any atom is -0.383 e. The van der Waals surface area contributed by atoms with Crippen molar-refractivity contribution in [1.29, 1.82) is 0 Å². The highest BCUT2D eigenvalue weighted by molar-refractivity contribution is 6.01. The average molecular weight is 318 g/mol. The third kappa shape index (κ3) is 3.91. The summed E-state index contributed by atoms with van der Waals surface area (Å²) in [6, 6.07) is 6.16. The molecule has 1 aromatic carbocycles. The van der Waals surface area contributed by atoms with Gasteiger partial charge in [0.05, 0.1) is 12.5 Å². The lowest BCUT2D eigenvalue weighted by molar-refractivity contribution is -0.126. The van der Waals surface area contributed by atoms with Crippen molar-refractivity contribution in [2.75, 3.05) is 31.7 Å². The fourth-order valence-electron chi connectivity index (χ4n) is 3.08. The standard InChI is InChI=1S/C18H26N2O3/c1-4-13-7-6-8-14(5-2)17(13)20-12-15(11-16(20)21)18(22)19-9-10-23-3/h6-8,15H,4-5,9-12H2,1-3H3,(H,19,22). The van der Waals surface area contributed by atoms with Gasteiger partial charge in [-0.2, -0.15) is 0 Å². The zero-order chi connectivity index (χ0) is 16.8. The number of amides is 2. The Morgan fingerprint density at radius 3 is 2.52 bits per heavy atom. The molecule has 1 unspecified atom stereocenters. The van der Waals surface area contributed by atoms with Gasteiger partial charge in [-0.25, -0.2) is 0 Å². The molecular formula is C18H26N2O3. The lowest BCUT2D eigenvalue weighted by Gasteiger charge is -2.23. The summed E-state index contributed by atoms with van der Waals surface area (Å²) in [5, 5.41) is 2.83. The van der Waals surface area contributed by atoms with E-state index < -0.39 is 0 Å². The number of carbonyl (C=O) groups is 2. The van der Waals surface area contributed by atoms with Crippen LogP contribution in [-0.2, 0) is 27.2 Å². The molecule has 1 fully saturated rings. The van der Waals surface area contributed by atoms with Crippen LogP contribution in [0.1, 0.15) is 31.4 Å². The highest BCUT2D eigenvalue weighted by atomic mass is 16.5. The van der Waals surface area contributed by atoms with Crippen LogP contribution in [0.5, 0.6) is 0 Å². The molecule has 1 atom stereocenters. The molecule has 0 saturated carbocycles. The van der Waals surface area contributed by atoms with E-state index in [1.165, 1.54) is 0 Å². The number of anilines is 1. The van der Waals surface area contributed by atoms with Crippen LogP contribution in [0.3, 0.4) is 0 Å². The van der Waals surface area contributed by atoms with Crippen LogP contribution >= 0.6 is 0 Å². The number of ether oxygens (including phenoxy) is 1. The van der Waals surface area contributed by atoms with E-state index in [1.807, 2.05) is 6.07 Å². The van der Waals surface area contributed by atoms with Gasteiger partial charge in [0, 0.05) is 32.3 Å². The summed E-state index contributed by atoms with van der Waals surface area (Å²) in [5.41, 5.74) is 3.34. The maximum absolute atomic E-state index is 12.5. The van der Waals surface area contributed by atoms with Crippen molar-refractivity contribution >= 4 is 17.5 Å². The van der Waals surface area contributed by atoms with Crippen molar-refractivity contribution in [1.82, 2.24) is 5.32 Å². The Hall–Kier alpha value is -1.88. The molecule has 2 amide bonds. The maximum atomic E-state index is 12.5. The van der Waals surface area contributed by atoms with Crippen LogP contribution in [0.15, 0.2) is 18.2 Å². The van der Waals surface area contributed by atoms with Gasteiger partial charge in [0.15, 0.2) is 0 Å². The van der Waals surface area contributed by atoms with Gasteiger partial charge in [-0.15, -0.1) is 0 Å². The number of hydrogen-bond donors (Lipinski definition) is 1. The zero-order valence-electron chi connectivity index (χ0n) is 14.2. The normalized spacial score (nSPS) is 17.6. The van der Waals surface area contributed by atoms with Gasteiger partial charge in [0.2, 0.25) is 11.8 Å². The molecule has 1 aliphatic rings. The molecule has 2 rings (SSSR count). The van der Waals surface area contributed by atoms with Gasteiger partial charge in [-0.05, 0) is 24.0 Å². The van der Waals surface area contributed by atoms with Gasteiger partial charge in [0.1, 0.15) is 0 Å². The molecule has 23 heavy (non-hydrogen) atoms. The number of para-hydroxylation sites is 1. The van der Waals surface area contributed by atoms with E-state index >= 15 is 0 Å². The molecule has 1 saturated heterocycles. The molecule has 5 heteroatoms. The van der Waals surface area contributed by atoms with Gasteiger partial charge >= 0.3 is 0 Å². The Morgan fingerprint density at radius 1 is 1.30 bits per heavy atom. The van der Waals surface area contributed by atoms with Crippen LogP contribution in [0.4, 0.5) is 5.69 Å². The highest BCUT2D eigenvalue weighted by Gasteiger charge is 2.36. The smallest absolute Gasteiger partial charge is 0.227 e. The number of carbonyl (C=O) groups excluding carboxylic acids is 2. The van der Waals surface area contributed by atoms with Gasteiger partial charge in [-0.1, -0.05) is 32.0 Å². The highest BCUT2D eigenvalue weighted by Crippen LogP contribution is 2.32. The van der Waals surface area contributed by atoms with Crippen LogP contribution in [0, 0.1) is 5.92 Å². The Morgan fingerprint density at radius 2 is 1.96 bits per heavy atom. The van der Waals surface area contributed by atoms with Crippen molar-refractivity contribution < 1.29 is 14.3 Å². The lowest BCUT2D eigenvalue weighted by Crippen LogP contribution is -2.35. The van der Waals surface area contributed by atoms with Gasteiger partial charge in [-0.3, -0.25) is 9.59 Å². The van der Waals surface area contributed by atoms with E-state index in [2.05, 4.69) is 31.3 Å². The average Bonchev–Trinajstić information content (AvgIpc) is 2.95. The van der Waals surface area contributed by atoms with E-state index in [-0.39, 0.29) is 24.2 Å². The van der Waals surface area contributed by atoms with E-state index in [4.69, 9.17) is 4.74 Å². The second-order valence-corrected chi connectivity index (χ2v) is 5.82. The van der Waals surface area contributed by atoms with Crippen molar-refractivity contribution in [3.8, 4) is 0 Å². The first-order chi connectivity index (χ1) is 11.1. The summed E-state index contributed by atoms with van der Waals surface area (Å²) in [6.45, 7) is 5.60. The Balaban J connectivity index is 2.16. The molecule has 126 valence electrons. The van der Waals surface area contributed by atoms with E-state index in [9.17, 15) is 9.59 Å². The molecule has 5 nitrogen and oxygen atoms in total. The summed E-state index contributed by atoms with van der Waals surface area (Å²) in [5.74, 6) is -0.314. The third-order valence-electron chi connectivity index (χ3n) is 4.34. The maximum Gasteiger partial charge on any atom is 0.227 e. The SMILES string of the molecule is CCc1cccc(CC)c1N1CC(C(=O)NCCOC)CC1=O. The number of aryl methyl sites for hydroxylation is 2. The number of methoxy groups -OCH3 is 1. The third-order valence-corrected chi connectivity index (χ3v) is 4.34. The van der Waals surface area contributed by atoms with E-state index in [0.29, 0.717) is 19.7 Å². The number of nitrogens with one attached hydrogen (secondary N) is 1. The topological polar surface area (TPSA) is 58.6 Å².